The first-order valence-corrected chi connectivity index (χ1v) is 7.16. The van der Waals surface area contributed by atoms with E-state index in [1.807, 2.05) is 30.3 Å². The number of hydrogen-bond donors (Lipinski definition) is 1. The molecule has 4 nitrogen and oxygen atoms in total. The van der Waals surface area contributed by atoms with Gasteiger partial charge in [-0.05, 0) is 32.0 Å². The van der Waals surface area contributed by atoms with Gasteiger partial charge in [0.1, 0.15) is 12.2 Å². The molecule has 1 aliphatic heterocycles. The topological polar surface area (TPSA) is 57.4 Å². The zero-order valence-electron chi connectivity index (χ0n) is 12.4. The lowest BCUT2D eigenvalue weighted by molar-refractivity contribution is 0.131. The van der Waals surface area contributed by atoms with Gasteiger partial charge < -0.3 is 15.2 Å². The summed E-state index contributed by atoms with van der Waals surface area (Å²) in [6.07, 6.45) is 0.903. The quantitative estimate of drug-likeness (QED) is 0.938. The second-order valence-corrected chi connectivity index (χ2v) is 5.90. The minimum atomic E-state index is -0.167. The highest BCUT2D eigenvalue weighted by atomic mass is 16.5. The molecule has 1 aliphatic rings. The fourth-order valence-electron chi connectivity index (χ4n) is 2.58. The fraction of sp³-hybridized carbons (Fsp3) is 0.353. The summed E-state index contributed by atoms with van der Waals surface area (Å²) in [5.74, 6) is 1.63. The van der Waals surface area contributed by atoms with Crippen LogP contribution < -0.4 is 15.2 Å². The Balaban J connectivity index is 1.76. The lowest BCUT2D eigenvalue weighted by Gasteiger charge is -2.18. The minimum Gasteiger partial charge on any atom is -0.483 e. The van der Waals surface area contributed by atoms with E-state index in [1.165, 1.54) is 5.56 Å². The van der Waals surface area contributed by atoms with E-state index in [-0.39, 0.29) is 5.60 Å². The number of fused-ring (bicyclic) bond motifs is 1. The first-order valence-electron chi connectivity index (χ1n) is 7.16. The molecule has 0 spiro atoms. The van der Waals surface area contributed by atoms with Crippen LogP contribution >= 0.6 is 0 Å². The smallest absolute Gasteiger partial charge is 0.165 e. The van der Waals surface area contributed by atoms with Gasteiger partial charge in [-0.1, -0.05) is 18.2 Å². The summed E-state index contributed by atoms with van der Waals surface area (Å²) in [5, 5.41) is 0. The molecule has 0 unspecified atom stereocenters. The third-order valence-electron chi connectivity index (χ3n) is 3.50. The highest BCUT2D eigenvalue weighted by molar-refractivity contribution is 5.50. The maximum atomic E-state index is 5.99. The molecule has 2 aromatic rings. The number of hydrogen-bond acceptors (Lipinski definition) is 4. The Bertz CT molecular complexity index is 653. The molecule has 2 N–H and O–H groups in total. The fourth-order valence-corrected chi connectivity index (χ4v) is 2.58. The van der Waals surface area contributed by atoms with Crippen molar-refractivity contribution in [1.29, 1.82) is 0 Å². The Morgan fingerprint density at radius 1 is 1.19 bits per heavy atom. The van der Waals surface area contributed by atoms with E-state index in [0.29, 0.717) is 13.2 Å². The van der Waals surface area contributed by atoms with Crippen LogP contribution in [0.1, 0.15) is 30.8 Å². The van der Waals surface area contributed by atoms with Gasteiger partial charge in [-0.25, -0.2) is 0 Å². The molecule has 3 rings (SSSR count). The number of nitrogens with two attached hydrogens (primary N) is 1. The lowest BCUT2D eigenvalue weighted by Crippen LogP contribution is -2.24. The summed E-state index contributed by atoms with van der Waals surface area (Å²) in [7, 11) is 0. The van der Waals surface area contributed by atoms with Crippen molar-refractivity contribution >= 4 is 0 Å². The summed E-state index contributed by atoms with van der Waals surface area (Å²) in [4.78, 5) is 4.44. The molecule has 0 saturated heterocycles. The summed E-state index contributed by atoms with van der Waals surface area (Å²) >= 11 is 0. The van der Waals surface area contributed by atoms with Crippen LogP contribution in [0.5, 0.6) is 11.5 Å². The molecule has 0 bridgehead atoms. The van der Waals surface area contributed by atoms with E-state index < -0.39 is 0 Å². The van der Waals surface area contributed by atoms with E-state index in [9.17, 15) is 0 Å². The maximum absolute atomic E-state index is 5.99. The van der Waals surface area contributed by atoms with Gasteiger partial charge >= 0.3 is 0 Å². The standard InChI is InChI=1S/C17H20N2O2/c1-17(2)9-12-5-3-8-15(16(12)21-17)20-11-14-7-4-6-13(10-18)19-14/h3-8H,9-11,18H2,1-2H3. The van der Waals surface area contributed by atoms with Gasteiger partial charge in [0, 0.05) is 18.5 Å². The first kappa shape index (κ1) is 13.9. The zero-order valence-corrected chi connectivity index (χ0v) is 12.4. The van der Waals surface area contributed by atoms with Crippen LogP contribution in [0.2, 0.25) is 0 Å². The van der Waals surface area contributed by atoms with Crippen LogP contribution in [0.25, 0.3) is 0 Å². The Morgan fingerprint density at radius 3 is 2.76 bits per heavy atom. The van der Waals surface area contributed by atoms with Gasteiger partial charge in [0.15, 0.2) is 11.5 Å². The van der Waals surface area contributed by atoms with Crippen molar-refractivity contribution in [2.45, 2.75) is 39.0 Å². The number of ether oxygens (including phenoxy) is 2. The summed E-state index contributed by atoms with van der Waals surface area (Å²) in [6.45, 7) is 5.02. The second-order valence-electron chi connectivity index (χ2n) is 5.90. The Labute approximate surface area is 124 Å². The Hall–Kier alpha value is -2.07. The van der Waals surface area contributed by atoms with Crippen LogP contribution in [-0.4, -0.2) is 10.6 Å². The highest BCUT2D eigenvalue weighted by Crippen LogP contribution is 2.41. The van der Waals surface area contributed by atoms with Crippen LogP contribution in [0.4, 0.5) is 0 Å². The molecule has 2 heterocycles. The van der Waals surface area contributed by atoms with Crippen molar-refractivity contribution in [1.82, 2.24) is 4.98 Å². The monoisotopic (exact) mass is 284 g/mol. The van der Waals surface area contributed by atoms with E-state index in [1.54, 1.807) is 0 Å². The largest absolute Gasteiger partial charge is 0.483 e. The first-order chi connectivity index (χ1) is 10.1. The number of benzene rings is 1. The molecule has 0 atom stereocenters. The Kier molecular flexibility index (Phi) is 3.55. The number of aromatic nitrogens is 1. The SMILES string of the molecule is CC1(C)Cc2cccc(OCc3cccc(CN)n3)c2O1. The molecule has 1 aromatic carbocycles. The van der Waals surface area contributed by atoms with Crippen LogP contribution in [0.3, 0.4) is 0 Å². The molecule has 0 radical (unpaired) electrons. The molecule has 0 saturated carbocycles. The molecular formula is C17H20N2O2. The van der Waals surface area contributed by atoms with Gasteiger partial charge in [-0.15, -0.1) is 0 Å². The molecule has 4 heteroatoms. The van der Waals surface area contributed by atoms with Gasteiger partial charge in [0.2, 0.25) is 0 Å². The van der Waals surface area contributed by atoms with Gasteiger partial charge in [-0.2, -0.15) is 0 Å². The predicted molar refractivity (Wildman–Crippen MR) is 81.3 cm³/mol. The zero-order chi connectivity index (χ0) is 14.9. The maximum Gasteiger partial charge on any atom is 0.165 e. The van der Waals surface area contributed by atoms with Gasteiger partial charge in [0.05, 0.1) is 11.4 Å². The average Bonchev–Trinajstić information content (AvgIpc) is 2.79. The summed E-state index contributed by atoms with van der Waals surface area (Å²) in [6, 6.07) is 11.8. The van der Waals surface area contributed by atoms with E-state index in [2.05, 4.69) is 24.9 Å². The van der Waals surface area contributed by atoms with Gasteiger partial charge in [-0.3, -0.25) is 4.98 Å². The molecule has 110 valence electrons. The highest BCUT2D eigenvalue weighted by Gasteiger charge is 2.32. The molecule has 1 aromatic heterocycles. The van der Waals surface area contributed by atoms with Crippen molar-refractivity contribution < 1.29 is 9.47 Å². The number of nitrogens with zero attached hydrogens (tertiary/aromatic N) is 1. The van der Waals surface area contributed by atoms with Crippen molar-refractivity contribution in [2.75, 3.05) is 0 Å². The van der Waals surface area contributed by atoms with Crippen molar-refractivity contribution in [2.24, 2.45) is 5.73 Å². The number of para-hydroxylation sites is 1. The number of rotatable bonds is 4. The lowest BCUT2D eigenvalue weighted by atomic mass is 10.0. The molecule has 0 amide bonds. The summed E-state index contributed by atoms with van der Waals surface area (Å²) < 4.78 is 11.9. The van der Waals surface area contributed by atoms with Crippen LogP contribution in [0.15, 0.2) is 36.4 Å². The van der Waals surface area contributed by atoms with Crippen molar-refractivity contribution in [3.05, 3.63) is 53.3 Å². The third kappa shape index (κ3) is 3.00. The van der Waals surface area contributed by atoms with Crippen LogP contribution in [0, 0.1) is 0 Å². The summed E-state index contributed by atoms with van der Waals surface area (Å²) in [5.41, 5.74) is 8.37. The predicted octanol–water partition coefficient (Wildman–Crippen LogP) is 2.83. The molecule has 21 heavy (non-hydrogen) atoms. The molecule has 0 aliphatic carbocycles. The molecular weight excluding hydrogens is 264 g/mol. The second kappa shape index (κ2) is 5.37. The van der Waals surface area contributed by atoms with Crippen molar-refractivity contribution in [3.8, 4) is 11.5 Å². The minimum absolute atomic E-state index is 0.167. The number of pyridine rings is 1. The third-order valence-corrected chi connectivity index (χ3v) is 3.50. The van der Waals surface area contributed by atoms with E-state index in [0.717, 1.165) is 29.3 Å². The Morgan fingerprint density at radius 2 is 1.95 bits per heavy atom. The van der Waals surface area contributed by atoms with E-state index >= 15 is 0 Å². The molecule has 0 fully saturated rings. The normalized spacial score (nSPS) is 15.4. The van der Waals surface area contributed by atoms with Crippen LogP contribution in [-0.2, 0) is 19.6 Å². The van der Waals surface area contributed by atoms with Gasteiger partial charge in [0.25, 0.3) is 0 Å². The van der Waals surface area contributed by atoms with Crippen molar-refractivity contribution in [3.63, 3.8) is 0 Å². The van der Waals surface area contributed by atoms with E-state index in [4.69, 9.17) is 15.2 Å². The average molecular weight is 284 g/mol.